The van der Waals surface area contributed by atoms with Crippen LogP contribution in [-0.4, -0.2) is 19.3 Å². The number of methoxy groups -OCH3 is 1. The first kappa shape index (κ1) is 15.0. The quantitative estimate of drug-likeness (QED) is 0.765. The summed E-state index contributed by atoms with van der Waals surface area (Å²) < 4.78 is 23.9. The molecule has 0 saturated carbocycles. The van der Waals surface area contributed by atoms with Crippen molar-refractivity contribution in [1.82, 2.24) is 0 Å². The predicted molar refractivity (Wildman–Crippen MR) is 77.8 cm³/mol. The van der Waals surface area contributed by atoms with Gasteiger partial charge in [-0.3, -0.25) is 0 Å². The summed E-state index contributed by atoms with van der Waals surface area (Å²) in [6.07, 6.45) is -1.67. The summed E-state index contributed by atoms with van der Waals surface area (Å²) >= 11 is 0. The highest BCUT2D eigenvalue weighted by molar-refractivity contribution is 5.74. The molecule has 0 aliphatic carbocycles. The number of rotatable bonds is 6. The lowest BCUT2D eigenvalue weighted by atomic mass is 10.1. The Morgan fingerprint density at radius 1 is 1.05 bits per heavy atom. The highest BCUT2D eigenvalue weighted by Gasteiger charge is 2.19. The van der Waals surface area contributed by atoms with E-state index in [0.29, 0.717) is 5.75 Å². The molecule has 3 nitrogen and oxygen atoms in total. The Morgan fingerprint density at radius 2 is 1.71 bits per heavy atom. The van der Waals surface area contributed by atoms with E-state index < -0.39 is 12.1 Å². The van der Waals surface area contributed by atoms with Crippen LogP contribution in [0.5, 0.6) is 5.75 Å². The molecular weight excluding hydrogens is 271 g/mol. The largest absolute Gasteiger partial charge is 0.497 e. The predicted octanol–water partition coefficient (Wildman–Crippen LogP) is 3.32. The maximum atomic E-state index is 13.9. The normalized spacial score (nSPS) is 11.7. The van der Waals surface area contributed by atoms with Crippen molar-refractivity contribution in [2.45, 2.75) is 19.2 Å². The number of halogens is 1. The van der Waals surface area contributed by atoms with Gasteiger partial charge in [0, 0.05) is 6.42 Å². The zero-order chi connectivity index (χ0) is 15.1. The van der Waals surface area contributed by atoms with Crippen LogP contribution >= 0.6 is 0 Å². The van der Waals surface area contributed by atoms with Crippen LogP contribution in [0.25, 0.3) is 0 Å². The fraction of sp³-hybridized carbons (Fsp3) is 0.235. The van der Waals surface area contributed by atoms with Gasteiger partial charge in [0.1, 0.15) is 12.4 Å². The van der Waals surface area contributed by atoms with Crippen molar-refractivity contribution >= 4 is 5.97 Å². The van der Waals surface area contributed by atoms with Gasteiger partial charge in [0.2, 0.25) is 6.17 Å². The van der Waals surface area contributed by atoms with Crippen LogP contribution in [0.3, 0.4) is 0 Å². The van der Waals surface area contributed by atoms with Crippen LogP contribution < -0.4 is 4.74 Å². The molecule has 0 heterocycles. The second-order valence-electron chi connectivity index (χ2n) is 4.61. The number of esters is 1. The number of benzene rings is 2. The lowest BCUT2D eigenvalue weighted by Crippen LogP contribution is -2.21. The molecule has 0 spiro atoms. The van der Waals surface area contributed by atoms with Crippen LogP contribution in [0.15, 0.2) is 54.6 Å². The first-order chi connectivity index (χ1) is 10.2. The molecule has 0 radical (unpaired) electrons. The van der Waals surface area contributed by atoms with Gasteiger partial charge in [-0.2, -0.15) is 0 Å². The average molecular weight is 288 g/mol. The van der Waals surface area contributed by atoms with Gasteiger partial charge in [0.15, 0.2) is 0 Å². The lowest BCUT2D eigenvalue weighted by Gasteiger charge is -2.09. The molecule has 0 aliphatic rings. The maximum absolute atomic E-state index is 13.9. The number of hydrogen-bond donors (Lipinski definition) is 0. The van der Waals surface area contributed by atoms with Gasteiger partial charge in [0.25, 0.3) is 0 Å². The molecule has 4 heteroatoms. The van der Waals surface area contributed by atoms with Gasteiger partial charge in [-0.25, -0.2) is 9.18 Å². The fourth-order valence-electron chi connectivity index (χ4n) is 1.87. The molecular formula is C17H17FO3. The number of ether oxygens (including phenoxy) is 2. The van der Waals surface area contributed by atoms with Gasteiger partial charge in [0.05, 0.1) is 7.11 Å². The second-order valence-corrected chi connectivity index (χ2v) is 4.61. The van der Waals surface area contributed by atoms with Crippen LogP contribution in [0, 0.1) is 0 Å². The molecule has 0 N–H and O–H groups in total. The summed E-state index contributed by atoms with van der Waals surface area (Å²) in [5.74, 6) is -0.143. The monoisotopic (exact) mass is 288 g/mol. The summed E-state index contributed by atoms with van der Waals surface area (Å²) in [4.78, 5) is 11.6. The molecule has 2 aromatic carbocycles. The molecule has 0 saturated heterocycles. The van der Waals surface area contributed by atoms with Gasteiger partial charge in [-0.05, 0) is 23.3 Å². The molecule has 21 heavy (non-hydrogen) atoms. The Morgan fingerprint density at radius 3 is 2.33 bits per heavy atom. The van der Waals surface area contributed by atoms with E-state index in [4.69, 9.17) is 9.47 Å². The molecule has 0 aliphatic heterocycles. The Bertz CT molecular complexity index is 566. The number of carbonyl (C=O) groups is 1. The van der Waals surface area contributed by atoms with E-state index in [-0.39, 0.29) is 13.0 Å². The highest BCUT2D eigenvalue weighted by atomic mass is 19.1. The summed E-state index contributed by atoms with van der Waals surface area (Å²) in [6, 6.07) is 16.1. The van der Waals surface area contributed by atoms with Crippen molar-refractivity contribution in [3.8, 4) is 5.75 Å². The maximum Gasteiger partial charge on any atom is 0.341 e. The molecule has 0 aromatic heterocycles. The van der Waals surface area contributed by atoms with Gasteiger partial charge >= 0.3 is 5.97 Å². The SMILES string of the molecule is COc1ccc(CC(F)C(=O)OCc2ccccc2)cc1. The third kappa shape index (κ3) is 4.60. The Kier molecular flexibility index (Phi) is 5.32. The third-order valence-electron chi connectivity index (χ3n) is 3.05. The van der Waals surface area contributed by atoms with E-state index in [2.05, 4.69) is 0 Å². The van der Waals surface area contributed by atoms with E-state index in [1.54, 1.807) is 31.4 Å². The van der Waals surface area contributed by atoms with Crippen LogP contribution in [0.2, 0.25) is 0 Å². The molecule has 0 fully saturated rings. The summed E-state index contributed by atoms with van der Waals surface area (Å²) in [6.45, 7) is 0.0860. The molecule has 1 atom stereocenters. The molecule has 0 bridgehead atoms. The number of carbonyl (C=O) groups excluding carboxylic acids is 1. The van der Waals surface area contributed by atoms with E-state index in [1.165, 1.54) is 0 Å². The number of alkyl halides is 1. The molecule has 0 amide bonds. The van der Waals surface area contributed by atoms with Crippen LogP contribution in [-0.2, 0) is 22.6 Å². The van der Waals surface area contributed by atoms with Crippen molar-refractivity contribution in [3.05, 3.63) is 65.7 Å². The van der Waals surface area contributed by atoms with Gasteiger partial charge < -0.3 is 9.47 Å². The molecule has 2 aromatic rings. The van der Waals surface area contributed by atoms with E-state index >= 15 is 0 Å². The summed E-state index contributed by atoms with van der Waals surface area (Å²) in [5, 5.41) is 0. The average Bonchev–Trinajstić information content (AvgIpc) is 2.54. The third-order valence-corrected chi connectivity index (χ3v) is 3.05. The molecule has 110 valence electrons. The Labute approximate surface area is 123 Å². The molecule has 1 unspecified atom stereocenters. The lowest BCUT2D eigenvalue weighted by molar-refractivity contribution is -0.150. The van der Waals surface area contributed by atoms with E-state index in [1.807, 2.05) is 30.3 Å². The van der Waals surface area contributed by atoms with Gasteiger partial charge in [-0.15, -0.1) is 0 Å². The first-order valence-corrected chi connectivity index (χ1v) is 6.66. The zero-order valence-corrected chi connectivity index (χ0v) is 11.8. The van der Waals surface area contributed by atoms with Crippen molar-refractivity contribution in [3.63, 3.8) is 0 Å². The zero-order valence-electron chi connectivity index (χ0n) is 11.8. The Balaban J connectivity index is 1.84. The standard InChI is InChI=1S/C17H17FO3/c1-20-15-9-7-13(8-10-15)11-16(18)17(19)21-12-14-5-3-2-4-6-14/h2-10,16H,11-12H2,1H3. The summed E-state index contributed by atoms with van der Waals surface area (Å²) in [5.41, 5.74) is 1.56. The topological polar surface area (TPSA) is 35.5 Å². The van der Waals surface area contributed by atoms with Crippen molar-refractivity contribution in [2.24, 2.45) is 0 Å². The minimum Gasteiger partial charge on any atom is -0.497 e. The molecule has 2 rings (SSSR count). The van der Waals surface area contributed by atoms with Crippen molar-refractivity contribution in [1.29, 1.82) is 0 Å². The highest BCUT2D eigenvalue weighted by Crippen LogP contribution is 2.14. The smallest absolute Gasteiger partial charge is 0.341 e. The van der Waals surface area contributed by atoms with Crippen LogP contribution in [0.1, 0.15) is 11.1 Å². The first-order valence-electron chi connectivity index (χ1n) is 6.66. The van der Waals surface area contributed by atoms with Crippen molar-refractivity contribution in [2.75, 3.05) is 7.11 Å². The number of hydrogen-bond acceptors (Lipinski definition) is 3. The fourth-order valence-corrected chi connectivity index (χ4v) is 1.87. The van der Waals surface area contributed by atoms with Crippen LogP contribution in [0.4, 0.5) is 4.39 Å². The minimum atomic E-state index is -1.66. The van der Waals surface area contributed by atoms with E-state index in [0.717, 1.165) is 11.1 Å². The Hall–Kier alpha value is -2.36. The summed E-state index contributed by atoms with van der Waals surface area (Å²) in [7, 11) is 1.56. The minimum absolute atomic E-state index is 0.00236. The van der Waals surface area contributed by atoms with Crippen molar-refractivity contribution < 1.29 is 18.7 Å². The van der Waals surface area contributed by atoms with Gasteiger partial charge in [-0.1, -0.05) is 42.5 Å². The second kappa shape index (κ2) is 7.43. The van der Waals surface area contributed by atoms with E-state index in [9.17, 15) is 9.18 Å².